The standard InChI is InChI=1S/C15H29N3O4/c1-9(2)7-11(16)14(21)18-12(8-10(3)4)15(22)17-6-5-13(19)20/h9-12H,5-8,16H2,1-4H3,(H,17,22)(H,18,21)(H,19,20)/t11-,12-/m0/s1. The molecule has 0 spiro atoms. The topological polar surface area (TPSA) is 122 Å². The van der Waals surface area contributed by atoms with Crippen molar-refractivity contribution < 1.29 is 19.5 Å². The van der Waals surface area contributed by atoms with Crippen LogP contribution in [0.15, 0.2) is 0 Å². The van der Waals surface area contributed by atoms with Crippen LogP contribution in [0.3, 0.4) is 0 Å². The first kappa shape index (κ1) is 20.4. The van der Waals surface area contributed by atoms with Crippen LogP contribution in [-0.4, -0.2) is 41.5 Å². The summed E-state index contributed by atoms with van der Waals surface area (Å²) in [5.74, 6) is -1.22. The fourth-order valence-electron chi connectivity index (χ4n) is 2.01. The minimum absolute atomic E-state index is 0.0384. The van der Waals surface area contributed by atoms with Crippen molar-refractivity contribution in [2.75, 3.05) is 6.54 Å². The molecule has 0 aliphatic heterocycles. The van der Waals surface area contributed by atoms with Crippen molar-refractivity contribution in [2.45, 2.75) is 59.0 Å². The predicted octanol–water partition coefficient (Wildman–Crippen LogP) is 0.482. The summed E-state index contributed by atoms with van der Waals surface area (Å²) in [7, 11) is 0. The molecular weight excluding hydrogens is 286 g/mol. The normalized spacial score (nSPS) is 13.8. The molecule has 0 fully saturated rings. The highest BCUT2D eigenvalue weighted by molar-refractivity contribution is 5.89. The number of hydrogen-bond donors (Lipinski definition) is 4. The van der Waals surface area contributed by atoms with E-state index in [2.05, 4.69) is 10.6 Å². The van der Waals surface area contributed by atoms with Gasteiger partial charge in [-0.15, -0.1) is 0 Å². The first-order chi connectivity index (χ1) is 10.1. The van der Waals surface area contributed by atoms with E-state index in [0.29, 0.717) is 12.8 Å². The number of carboxylic acid groups (broad SMARTS) is 1. The Morgan fingerprint density at radius 2 is 1.55 bits per heavy atom. The number of carboxylic acids is 1. The zero-order valence-corrected chi connectivity index (χ0v) is 13.9. The lowest BCUT2D eigenvalue weighted by atomic mass is 10.0. The quantitative estimate of drug-likeness (QED) is 0.467. The third kappa shape index (κ3) is 9.33. The van der Waals surface area contributed by atoms with Gasteiger partial charge < -0.3 is 21.5 Å². The predicted molar refractivity (Wildman–Crippen MR) is 84.1 cm³/mol. The highest BCUT2D eigenvalue weighted by atomic mass is 16.4. The molecule has 0 aliphatic carbocycles. The van der Waals surface area contributed by atoms with Gasteiger partial charge in [-0.3, -0.25) is 14.4 Å². The lowest BCUT2D eigenvalue weighted by Crippen LogP contribution is -2.52. The molecule has 0 aliphatic rings. The summed E-state index contributed by atoms with van der Waals surface area (Å²) in [6.45, 7) is 7.86. The van der Waals surface area contributed by atoms with E-state index in [1.807, 2.05) is 27.7 Å². The van der Waals surface area contributed by atoms with Crippen LogP contribution in [-0.2, 0) is 14.4 Å². The van der Waals surface area contributed by atoms with Gasteiger partial charge in [0.2, 0.25) is 11.8 Å². The molecule has 7 nitrogen and oxygen atoms in total. The minimum atomic E-state index is -0.983. The van der Waals surface area contributed by atoms with Crippen LogP contribution in [0.4, 0.5) is 0 Å². The number of carbonyl (C=O) groups is 3. The fourth-order valence-corrected chi connectivity index (χ4v) is 2.01. The third-order valence-electron chi connectivity index (χ3n) is 3.04. The van der Waals surface area contributed by atoms with E-state index in [9.17, 15) is 14.4 Å². The van der Waals surface area contributed by atoms with Gasteiger partial charge >= 0.3 is 5.97 Å². The lowest BCUT2D eigenvalue weighted by Gasteiger charge is -2.22. The molecule has 0 unspecified atom stereocenters. The van der Waals surface area contributed by atoms with Crippen molar-refractivity contribution in [3.05, 3.63) is 0 Å². The van der Waals surface area contributed by atoms with Gasteiger partial charge in [0, 0.05) is 6.54 Å². The zero-order valence-electron chi connectivity index (χ0n) is 13.9. The summed E-state index contributed by atoms with van der Waals surface area (Å²) in [6, 6.07) is -1.35. The largest absolute Gasteiger partial charge is 0.481 e. The molecule has 0 bridgehead atoms. The molecule has 0 saturated carbocycles. The minimum Gasteiger partial charge on any atom is -0.481 e. The summed E-state index contributed by atoms with van der Waals surface area (Å²) >= 11 is 0. The first-order valence-electron chi connectivity index (χ1n) is 7.68. The van der Waals surface area contributed by atoms with Crippen LogP contribution in [0.2, 0.25) is 0 Å². The second-order valence-corrected chi connectivity index (χ2v) is 6.36. The van der Waals surface area contributed by atoms with Crippen LogP contribution in [0.1, 0.15) is 47.0 Å². The van der Waals surface area contributed by atoms with Crippen molar-refractivity contribution in [1.29, 1.82) is 0 Å². The maximum atomic E-state index is 12.1. The number of nitrogens with two attached hydrogens (primary N) is 1. The number of nitrogens with one attached hydrogen (secondary N) is 2. The second-order valence-electron chi connectivity index (χ2n) is 6.36. The fraction of sp³-hybridized carbons (Fsp3) is 0.800. The van der Waals surface area contributed by atoms with Gasteiger partial charge in [-0.1, -0.05) is 27.7 Å². The zero-order chi connectivity index (χ0) is 17.3. The molecule has 0 aromatic carbocycles. The molecule has 0 radical (unpaired) electrons. The molecule has 0 heterocycles. The molecule has 2 atom stereocenters. The SMILES string of the molecule is CC(C)C[C@H](NC(=O)[C@@H](N)CC(C)C)C(=O)NCCC(=O)O. The highest BCUT2D eigenvalue weighted by Gasteiger charge is 2.24. The molecule has 0 rings (SSSR count). The molecule has 0 aromatic rings. The van der Waals surface area contributed by atoms with Crippen LogP contribution in [0.25, 0.3) is 0 Å². The van der Waals surface area contributed by atoms with Gasteiger partial charge in [0.25, 0.3) is 0 Å². The summed E-state index contributed by atoms with van der Waals surface area (Å²) in [5.41, 5.74) is 5.82. The Morgan fingerprint density at radius 1 is 1.00 bits per heavy atom. The van der Waals surface area contributed by atoms with E-state index < -0.39 is 18.1 Å². The Bertz CT molecular complexity index is 383. The van der Waals surface area contributed by atoms with E-state index in [-0.39, 0.29) is 36.6 Å². The maximum Gasteiger partial charge on any atom is 0.305 e. The van der Waals surface area contributed by atoms with Crippen molar-refractivity contribution in [2.24, 2.45) is 17.6 Å². The van der Waals surface area contributed by atoms with Crippen molar-refractivity contribution in [1.82, 2.24) is 10.6 Å². The Morgan fingerprint density at radius 3 is 2.00 bits per heavy atom. The summed E-state index contributed by atoms with van der Waals surface area (Å²) in [6.07, 6.45) is 0.862. The number of carbonyl (C=O) groups excluding carboxylic acids is 2. The van der Waals surface area contributed by atoms with Gasteiger partial charge in [0.05, 0.1) is 12.5 Å². The molecule has 0 aromatic heterocycles. The van der Waals surface area contributed by atoms with E-state index in [1.165, 1.54) is 0 Å². The number of amides is 2. The van der Waals surface area contributed by atoms with Gasteiger partial charge in [-0.25, -0.2) is 0 Å². The van der Waals surface area contributed by atoms with Gasteiger partial charge in [-0.05, 0) is 24.7 Å². The van der Waals surface area contributed by atoms with Crippen molar-refractivity contribution >= 4 is 17.8 Å². The average molecular weight is 315 g/mol. The van der Waals surface area contributed by atoms with E-state index >= 15 is 0 Å². The van der Waals surface area contributed by atoms with Crippen molar-refractivity contribution in [3.8, 4) is 0 Å². The Hall–Kier alpha value is -1.63. The first-order valence-corrected chi connectivity index (χ1v) is 7.68. The molecule has 0 saturated heterocycles. The molecule has 7 heteroatoms. The lowest BCUT2D eigenvalue weighted by molar-refractivity contribution is -0.137. The number of aliphatic carboxylic acids is 1. The van der Waals surface area contributed by atoms with Gasteiger partial charge in [-0.2, -0.15) is 0 Å². The van der Waals surface area contributed by atoms with E-state index in [4.69, 9.17) is 10.8 Å². The van der Waals surface area contributed by atoms with Crippen LogP contribution in [0.5, 0.6) is 0 Å². The van der Waals surface area contributed by atoms with Crippen molar-refractivity contribution in [3.63, 3.8) is 0 Å². The molecule has 22 heavy (non-hydrogen) atoms. The van der Waals surface area contributed by atoms with Crippen LogP contribution >= 0.6 is 0 Å². The van der Waals surface area contributed by atoms with Crippen LogP contribution < -0.4 is 16.4 Å². The smallest absolute Gasteiger partial charge is 0.305 e. The summed E-state index contributed by atoms with van der Waals surface area (Å²) in [4.78, 5) is 34.6. The Labute approximate surface area is 132 Å². The molecular formula is C15H29N3O4. The summed E-state index contributed by atoms with van der Waals surface area (Å²) in [5, 5.41) is 13.8. The molecule has 5 N–H and O–H groups in total. The maximum absolute atomic E-state index is 12.1. The molecule has 128 valence electrons. The summed E-state index contributed by atoms with van der Waals surface area (Å²) < 4.78 is 0. The number of hydrogen-bond acceptors (Lipinski definition) is 4. The number of rotatable bonds is 10. The van der Waals surface area contributed by atoms with E-state index in [0.717, 1.165) is 0 Å². The molecule has 2 amide bonds. The Kier molecular flexibility index (Phi) is 9.40. The Balaban J connectivity index is 4.58. The second kappa shape index (κ2) is 10.2. The highest BCUT2D eigenvalue weighted by Crippen LogP contribution is 2.07. The monoisotopic (exact) mass is 315 g/mol. The third-order valence-corrected chi connectivity index (χ3v) is 3.04. The average Bonchev–Trinajstić information content (AvgIpc) is 2.35. The van der Waals surface area contributed by atoms with Gasteiger partial charge in [0.15, 0.2) is 0 Å². The van der Waals surface area contributed by atoms with Crippen LogP contribution in [0, 0.1) is 11.8 Å². The van der Waals surface area contributed by atoms with Gasteiger partial charge in [0.1, 0.15) is 6.04 Å². The van der Waals surface area contributed by atoms with E-state index in [1.54, 1.807) is 0 Å².